The number of hydrogen-bond acceptors (Lipinski definition) is 2. The third kappa shape index (κ3) is 2.18. The summed E-state index contributed by atoms with van der Waals surface area (Å²) in [6.45, 7) is 1.60. The molecule has 0 aliphatic carbocycles. The Morgan fingerprint density at radius 1 is 1.26 bits per heavy atom. The van der Waals surface area contributed by atoms with E-state index in [4.69, 9.17) is 0 Å². The molecule has 2 rings (SSSR count). The highest BCUT2D eigenvalue weighted by atomic mass is 19.2. The normalized spacial score (nSPS) is 17.3. The van der Waals surface area contributed by atoms with Crippen molar-refractivity contribution in [1.82, 2.24) is 4.90 Å². The van der Waals surface area contributed by atoms with Crippen molar-refractivity contribution in [3.63, 3.8) is 0 Å². The predicted octanol–water partition coefficient (Wildman–Crippen LogP) is 1.84. The molecule has 0 atom stereocenters. The Balaban J connectivity index is 2.27. The minimum Gasteiger partial charge on any atom is -0.386 e. The van der Waals surface area contributed by atoms with Gasteiger partial charge in [0.1, 0.15) is 0 Å². The van der Waals surface area contributed by atoms with E-state index < -0.39 is 40.3 Å². The molecule has 7 heteroatoms. The number of rotatable bonds is 2. The van der Waals surface area contributed by atoms with Crippen molar-refractivity contribution in [2.45, 2.75) is 18.9 Å². The smallest absolute Gasteiger partial charge is 0.257 e. The fraction of sp³-hybridized carbons (Fsp3) is 0.417. The van der Waals surface area contributed by atoms with E-state index >= 15 is 0 Å². The van der Waals surface area contributed by atoms with Gasteiger partial charge in [-0.3, -0.25) is 4.79 Å². The Labute approximate surface area is 106 Å². The zero-order chi connectivity index (χ0) is 14.4. The van der Waals surface area contributed by atoms with E-state index in [1.54, 1.807) is 6.92 Å². The van der Waals surface area contributed by atoms with Crippen LogP contribution in [0.15, 0.2) is 6.07 Å². The second kappa shape index (κ2) is 4.48. The van der Waals surface area contributed by atoms with Gasteiger partial charge in [-0.1, -0.05) is 6.92 Å². The maximum Gasteiger partial charge on any atom is 0.257 e. The number of carbonyl (C=O) groups is 1. The molecule has 1 N–H and O–H groups in total. The van der Waals surface area contributed by atoms with E-state index in [-0.39, 0.29) is 13.1 Å². The number of aliphatic hydroxyl groups is 1. The summed E-state index contributed by atoms with van der Waals surface area (Å²) in [6, 6.07) is 0.319. The van der Waals surface area contributed by atoms with Crippen LogP contribution in [0.1, 0.15) is 23.7 Å². The van der Waals surface area contributed by atoms with Crippen LogP contribution < -0.4 is 0 Å². The Hall–Kier alpha value is -1.63. The van der Waals surface area contributed by atoms with Gasteiger partial charge in [0.25, 0.3) is 5.91 Å². The molecule has 19 heavy (non-hydrogen) atoms. The van der Waals surface area contributed by atoms with Gasteiger partial charge >= 0.3 is 0 Å². The first kappa shape index (κ1) is 13.8. The van der Waals surface area contributed by atoms with E-state index in [0.717, 1.165) is 4.90 Å². The van der Waals surface area contributed by atoms with Gasteiger partial charge in [-0.05, 0) is 12.5 Å². The topological polar surface area (TPSA) is 40.5 Å². The lowest BCUT2D eigenvalue weighted by Gasteiger charge is -2.46. The maximum atomic E-state index is 13.4. The molecule has 3 nitrogen and oxygen atoms in total. The van der Waals surface area contributed by atoms with Crippen LogP contribution in [0.5, 0.6) is 0 Å². The number of halogens is 4. The lowest BCUT2D eigenvalue weighted by Crippen LogP contribution is -2.63. The van der Waals surface area contributed by atoms with Crippen LogP contribution in [-0.4, -0.2) is 34.6 Å². The van der Waals surface area contributed by atoms with Gasteiger partial charge in [-0.2, -0.15) is 0 Å². The van der Waals surface area contributed by atoms with Gasteiger partial charge in [0.15, 0.2) is 23.3 Å². The SMILES string of the molecule is CCC1(O)CN(C(=O)c2cc(F)c(F)c(F)c2F)C1. The Bertz CT molecular complexity index is 541. The standard InChI is InChI=1S/C12H11F4NO2/c1-2-12(19)4-17(5-12)11(18)6-3-7(13)9(15)10(16)8(6)14/h3,19H,2,4-5H2,1H3. The van der Waals surface area contributed by atoms with Gasteiger partial charge in [-0.15, -0.1) is 0 Å². The summed E-state index contributed by atoms with van der Waals surface area (Å²) in [5, 5.41) is 9.71. The van der Waals surface area contributed by atoms with Gasteiger partial charge in [0, 0.05) is 0 Å². The first-order chi connectivity index (χ1) is 8.79. The van der Waals surface area contributed by atoms with Crippen molar-refractivity contribution in [3.8, 4) is 0 Å². The molecule has 1 amide bonds. The average molecular weight is 277 g/mol. The lowest BCUT2D eigenvalue weighted by atomic mass is 9.90. The Kier molecular flexibility index (Phi) is 3.25. The minimum atomic E-state index is -2.02. The number of likely N-dealkylation sites (tertiary alicyclic amines) is 1. The molecule has 0 aromatic heterocycles. The second-order valence-electron chi connectivity index (χ2n) is 4.59. The van der Waals surface area contributed by atoms with Gasteiger partial charge < -0.3 is 10.0 Å². The molecule has 1 aromatic rings. The summed E-state index contributed by atoms with van der Waals surface area (Å²) in [5.74, 6) is -8.31. The van der Waals surface area contributed by atoms with Crippen molar-refractivity contribution in [2.24, 2.45) is 0 Å². The van der Waals surface area contributed by atoms with E-state index in [2.05, 4.69) is 0 Å². The first-order valence-corrected chi connectivity index (χ1v) is 5.63. The minimum absolute atomic E-state index is 0.0532. The van der Waals surface area contributed by atoms with Crippen molar-refractivity contribution in [1.29, 1.82) is 0 Å². The monoisotopic (exact) mass is 277 g/mol. The lowest BCUT2D eigenvalue weighted by molar-refractivity contribution is -0.0828. The third-order valence-electron chi connectivity index (χ3n) is 3.25. The average Bonchev–Trinajstić information content (AvgIpc) is 2.36. The van der Waals surface area contributed by atoms with Crippen LogP contribution in [0.4, 0.5) is 17.6 Å². The molecular formula is C12H11F4NO2. The molecule has 1 fully saturated rings. The zero-order valence-electron chi connectivity index (χ0n) is 10.0. The van der Waals surface area contributed by atoms with Gasteiger partial charge in [-0.25, -0.2) is 17.6 Å². The summed E-state index contributed by atoms with van der Waals surface area (Å²) in [6.07, 6.45) is 0.394. The number of β-amino-alcohol motifs (C(OH)–C–C–N with tert-alkyl or cyclic N) is 1. The van der Waals surface area contributed by atoms with E-state index in [1.807, 2.05) is 0 Å². The molecule has 0 saturated carbocycles. The highest BCUT2D eigenvalue weighted by Gasteiger charge is 2.43. The Morgan fingerprint density at radius 2 is 1.84 bits per heavy atom. The van der Waals surface area contributed by atoms with Crippen molar-refractivity contribution >= 4 is 5.91 Å². The Morgan fingerprint density at radius 3 is 2.37 bits per heavy atom. The number of benzene rings is 1. The molecule has 0 spiro atoms. The van der Waals surface area contributed by atoms with Crippen LogP contribution >= 0.6 is 0 Å². The van der Waals surface area contributed by atoms with Crippen molar-refractivity contribution in [2.75, 3.05) is 13.1 Å². The molecule has 104 valence electrons. The largest absolute Gasteiger partial charge is 0.386 e. The van der Waals surface area contributed by atoms with Crippen LogP contribution in [0.3, 0.4) is 0 Å². The van der Waals surface area contributed by atoms with Crippen molar-refractivity contribution in [3.05, 3.63) is 34.9 Å². The molecule has 1 saturated heterocycles. The van der Waals surface area contributed by atoms with Crippen LogP contribution in [0.25, 0.3) is 0 Å². The number of hydrogen-bond donors (Lipinski definition) is 1. The van der Waals surface area contributed by atoms with E-state index in [9.17, 15) is 27.5 Å². The predicted molar refractivity (Wildman–Crippen MR) is 57.4 cm³/mol. The van der Waals surface area contributed by atoms with Crippen LogP contribution in [0, 0.1) is 23.3 Å². The van der Waals surface area contributed by atoms with Crippen LogP contribution in [-0.2, 0) is 0 Å². The molecule has 1 aliphatic rings. The molecule has 1 aromatic carbocycles. The van der Waals surface area contributed by atoms with E-state index in [1.165, 1.54) is 0 Å². The first-order valence-electron chi connectivity index (χ1n) is 5.63. The molecule has 0 unspecified atom stereocenters. The van der Waals surface area contributed by atoms with Gasteiger partial charge in [0.2, 0.25) is 0 Å². The van der Waals surface area contributed by atoms with Crippen molar-refractivity contribution < 1.29 is 27.5 Å². The summed E-state index contributed by atoms with van der Waals surface area (Å²) < 4.78 is 52.1. The molecule has 1 aliphatic heterocycles. The zero-order valence-corrected chi connectivity index (χ0v) is 10.0. The summed E-state index contributed by atoms with van der Waals surface area (Å²) >= 11 is 0. The number of carbonyl (C=O) groups excluding carboxylic acids is 1. The summed E-state index contributed by atoms with van der Waals surface area (Å²) in [4.78, 5) is 12.8. The molecule has 0 bridgehead atoms. The summed E-state index contributed by atoms with van der Waals surface area (Å²) in [7, 11) is 0. The number of nitrogens with zero attached hydrogens (tertiary/aromatic N) is 1. The number of amides is 1. The van der Waals surface area contributed by atoms with Crippen LogP contribution in [0.2, 0.25) is 0 Å². The molecular weight excluding hydrogens is 266 g/mol. The third-order valence-corrected chi connectivity index (χ3v) is 3.25. The fourth-order valence-electron chi connectivity index (χ4n) is 1.93. The maximum absolute atomic E-state index is 13.4. The van der Waals surface area contributed by atoms with E-state index in [0.29, 0.717) is 12.5 Å². The second-order valence-corrected chi connectivity index (χ2v) is 4.59. The quantitative estimate of drug-likeness (QED) is 0.509. The molecule has 1 heterocycles. The molecule has 0 radical (unpaired) electrons. The fourth-order valence-corrected chi connectivity index (χ4v) is 1.93. The van der Waals surface area contributed by atoms with Gasteiger partial charge in [0.05, 0.1) is 24.3 Å². The highest BCUT2D eigenvalue weighted by molar-refractivity contribution is 5.95. The highest BCUT2D eigenvalue weighted by Crippen LogP contribution is 2.27. The summed E-state index contributed by atoms with van der Waals surface area (Å²) in [5.41, 5.74) is -1.93.